The van der Waals surface area contributed by atoms with E-state index >= 15 is 0 Å². The summed E-state index contributed by atoms with van der Waals surface area (Å²) >= 11 is 0. The first-order chi connectivity index (χ1) is 8.31. The molecule has 0 rings (SSSR count). The normalized spacial score (nSPS) is 13.5. The predicted molar refractivity (Wildman–Crippen MR) is 67.7 cm³/mol. The Balaban J connectivity index is 0. The molecule has 19 heavy (non-hydrogen) atoms. The van der Waals surface area contributed by atoms with Crippen molar-refractivity contribution in [3.63, 3.8) is 0 Å². The van der Waals surface area contributed by atoms with Crippen LogP contribution in [0.2, 0.25) is 0 Å². The molecule has 0 aromatic carbocycles. The Labute approximate surface area is 159 Å². The first-order valence-corrected chi connectivity index (χ1v) is 6.73. The topological polar surface area (TPSA) is 66.4 Å². The van der Waals surface area contributed by atoms with Crippen LogP contribution >= 0.6 is 0 Å². The van der Waals surface area contributed by atoms with Gasteiger partial charge in [0, 0.05) is 0 Å². The molecule has 0 N–H and O–H groups in total. The Bertz CT molecular complexity index is 279. The van der Waals surface area contributed by atoms with Crippen LogP contribution in [-0.4, -0.2) is 17.5 Å². The molecule has 0 saturated carbocycles. The molecule has 0 heterocycles. The fourth-order valence-corrected chi connectivity index (χ4v) is 1.77. The molecule has 0 amide bonds. The molecule has 1 unspecified atom stereocenters. The van der Waals surface area contributed by atoms with Gasteiger partial charge in [-0.2, -0.15) is 0 Å². The van der Waals surface area contributed by atoms with Crippen LogP contribution in [0, 0.1) is 5.92 Å². The number of carbonyl (C=O) groups excluding carboxylic acids is 2. The second-order valence-electron chi connectivity index (χ2n) is 5.30. The van der Waals surface area contributed by atoms with Gasteiger partial charge >= 0.3 is 57.4 Å². The first kappa shape index (κ1) is 21.9. The van der Waals surface area contributed by atoms with E-state index in [1.54, 1.807) is 0 Å². The Hall–Kier alpha value is 0.576. The van der Waals surface area contributed by atoms with E-state index < -0.39 is 24.0 Å². The van der Waals surface area contributed by atoms with Crippen LogP contribution < -0.4 is 56.5 Å². The summed E-state index contributed by atoms with van der Waals surface area (Å²) in [6, 6.07) is 0. The fraction of sp³-hybridized carbons (Fsp3) is 0.857. The minimum Gasteiger partial charge on any atom is -0.550 e. The molecule has 106 valence electrons. The van der Waals surface area contributed by atoms with E-state index in [4.69, 9.17) is 4.74 Å². The van der Waals surface area contributed by atoms with Gasteiger partial charge in [-0.1, -0.05) is 40.0 Å². The van der Waals surface area contributed by atoms with Crippen molar-refractivity contribution in [3.8, 4) is 0 Å². The largest absolute Gasteiger partial charge is 1.00 e. The Morgan fingerprint density at radius 2 is 1.79 bits per heavy atom. The van der Waals surface area contributed by atoms with Crippen molar-refractivity contribution in [2.75, 3.05) is 0 Å². The molecule has 1 atom stereocenters. The summed E-state index contributed by atoms with van der Waals surface area (Å²) in [4.78, 5) is 21.8. The maximum absolute atomic E-state index is 11.4. The van der Waals surface area contributed by atoms with Crippen LogP contribution in [0.1, 0.15) is 66.2 Å². The van der Waals surface area contributed by atoms with Gasteiger partial charge in [0.15, 0.2) is 0 Å². The number of unbranched alkanes of at least 4 members (excludes halogenated alkanes) is 3. The van der Waals surface area contributed by atoms with Crippen molar-refractivity contribution in [3.05, 3.63) is 0 Å². The molecule has 0 fully saturated rings. The number of esters is 1. The van der Waals surface area contributed by atoms with Crippen LogP contribution in [0.4, 0.5) is 0 Å². The molecular formula is C14H25KO4. The summed E-state index contributed by atoms with van der Waals surface area (Å²) in [7, 11) is 0. The SMILES string of the molecule is CCCCCCC(C)(OC(=O)CC(=O)[O-])C(C)C.[K+]. The molecule has 0 bridgehead atoms. The van der Waals surface area contributed by atoms with E-state index in [9.17, 15) is 14.7 Å². The maximum Gasteiger partial charge on any atom is 1.00 e. The zero-order chi connectivity index (χ0) is 14.2. The number of hydrogen-bond acceptors (Lipinski definition) is 4. The predicted octanol–water partition coefficient (Wildman–Crippen LogP) is -0.941. The summed E-state index contributed by atoms with van der Waals surface area (Å²) in [5, 5.41) is 10.4. The third-order valence-electron chi connectivity index (χ3n) is 3.38. The third kappa shape index (κ3) is 10.0. The van der Waals surface area contributed by atoms with Crippen molar-refractivity contribution in [2.45, 2.75) is 71.8 Å². The van der Waals surface area contributed by atoms with Gasteiger partial charge in [-0.25, -0.2) is 0 Å². The number of ether oxygens (including phenoxy) is 1. The zero-order valence-corrected chi connectivity index (χ0v) is 16.1. The molecule has 0 radical (unpaired) electrons. The number of aliphatic carboxylic acids is 1. The number of carbonyl (C=O) groups is 2. The minimum atomic E-state index is -1.39. The Kier molecular flexibility index (Phi) is 13.0. The Morgan fingerprint density at radius 1 is 1.21 bits per heavy atom. The molecule has 0 aromatic heterocycles. The summed E-state index contributed by atoms with van der Waals surface area (Å²) in [6.07, 6.45) is 4.52. The van der Waals surface area contributed by atoms with Gasteiger partial charge in [0.25, 0.3) is 0 Å². The van der Waals surface area contributed by atoms with Gasteiger partial charge in [0.2, 0.25) is 0 Å². The summed E-state index contributed by atoms with van der Waals surface area (Å²) in [5.74, 6) is -1.94. The smallest absolute Gasteiger partial charge is 0.550 e. The van der Waals surface area contributed by atoms with Crippen LogP contribution in [0.15, 0.2) is 0 Å². The van der Waals surface area contributed by atoms with E-state index in [1.807, 2.05) is 20.8 Å². The summed E-state index contributed by atoms with van der Waals surface area (Å²) in [6.45, 7) is 7.97. The van der Waals surface area contributed by atoms with Gasteiger partial charge in [0.1, 0.15) is 5.60 Å². The van der Waals surface area contributed by atoms with Gasteiger partial charge in [0.05, 0.1) is 12.4 Å². The molecule has 0 spiro atoms. The van der Waals surface area contributed by atoms with Crippen molar-refractivity contribution in [2.24, 2.45) is 5.92 Å². The third-order valence-corrected chi connectivity index (χ3v) is 3.38. The molecule has 5 heteroatoms. The second kappa shape index (κ2) is 11.3. The molecule has 0 aliphatic heterocycles. The average Bonchev–Trinajstić information content (AvgIpc) is 2.22. The molecule has 0 aliphatic carbocycles. The molecule has 0 aliphatic rings. The van der Waals surface area contributed by atoms with Crippen LogP contribution in [0.3, 0.4) is 0 Å². The maximum atomic E-state index is 11.4. The van der Waals surface area contributed by atoms with E-state index in [0.717, 1.165) is 25.7 Å². The summed E-state index contributed by atoms with van der Waals surface area (Å²) < 4.78 is 5.33. The van der Waals surface area contributed by atoms with Crippen molar-refractivity contribution >= 4 is 11.9 Å². The van der Waals surface area contributed by atoms with Gasteiger partial charge < -0.3 is 14.6 Å². The standard InChI is InChI=1S/C14H26O4.K/c1-5-6-7-8-9-14(4,11(2)3)18-13(17)10-12(15)16;/h11H,5-10H2,1-4H3,(H,15,16);/q;+1/p-1. The first-order valence-electron chi connectivity index (χ1n) is 6.73. The van der Waals surface area contributed by atoms with Crippen LogP contribution in [0.5, 0.6) is 0 Å². The number of carboxylic acid groups (broad SMARTS) is 1. The number of carboxylic acids is 1. The van der Waals surface area contributed by atoms with Crippen molar-refractivity contribution in [1.29, 1.82) is 0 Å². The number of rotatable bonds is 9. The van der Waals surface area contributed by atoms with E-state index in [1.165, 1.54) is 6.42 Å². The van der Waals surface area contributed by atoms with Crippen molar-refractivity contribution in [1.82, 2.24) is 0 Å². The fourth-order valence-electron chi connectivity index (χ4n) is 1.77. The monoisotopic (exact) mass is 296 g/mol. The Morgan fingerprint density at radius 3 is 2.21 bits per heavy atom. The second-order valence-corrected chi connectivity index (χ2v) is 5.30. The number of hydrogen-bond donors (Lipinski definition) is 0. The van der Waals surface area contributed by atoms with Gasteiger partial charge in [-0.05, 0) is 25.7 Å². The van der Waals surface area contributed by atoms with Crippen LogP contribution in [-0.2, 0) is 14.3 Å². The van der Waals surface area contributed by atoms with Crippen molar-refractivity contribution < 1.29 is 70.8 Å². The molecule has 0 aromatic rings. The summed E-state index contributed by atoms with van der Waals surface area (Å²) in [5.41, 5.74) is -0.583. The molecular weight excluding hydrogens is 271 g/mol. The van der Waals surface area contributed by atoms with Gasteiger partial charge in [-0.3, -0.25) is 4.79 Å². The average molecular weight is 296 g/mol. The minimum absolute atomic E-state index is 0. The van der Waals surface area contributed by atoms with Gasteiger partial charge in [-0.15, -0.1) is 0 Å². The van der Waals surface area contributed by atoms with E-state index in [-0.39, 0.29) is 57.3 Å². The van der Waals surface area contributed by atoms with E-state index in [2.05, 4.69) is 6.92 Å². The quantitative estimate of drug-likeness (QED) is 0.238. The van der Waals surface area contributed by atoms with E-state index in [0.29, 0.717) is 0 Å². The van der Waals surface area contributed by atoms with Crippen LogP contribution in [0.25, 0.3) is 0 Å². The molecule has 0 saturated heterocycles. The molecule has 4 nitrogen and oxygen atoms in total. The zero-order valence-electron chi connectivity index (χ0n) is 13.0.